The summed E-state index contributed by atoms with van der Waals surface area (Å²) in [5.74, 6) is 0. The van der Waals surface area contributed by atoms with Crippen molar-refractivity contribution in [2.75, 3.05) is 6.54 Å². The molecule has 2 aromatic carbocycles. The van der Waals surface area contributed by atoms with Crippen molar-refractivity contribution in [1.82, 2.24) is 9.47 Å². The lowest BCUT2D eigenvalue weighted by molar-refractivity contribution is -0.137. The molecule has 1 atom stereocenters. The van der Waals surface area contributed by atoms with Crippen LogP contribution in [-0.4, -0.2) is 16.0 Å². The highest BCUT2D eigenvalue weighted by Gasteiger charge is 2.32. The van der Waals surface area contributed by atoms with Gasteiger partial charge in [0.15, 0.2) is 0 Å². The zero-order valence-corrected chi connectivity index (χ0v) is 15.8. The second-order valence-electron chi connectivity index (χ2n) is 7.46. The summed E-state index contributed by atoms with van der Waals surface area (Å²) >= 11 is 0. The van der Waals surface area contributed by atoms with Gasteiger partial charge in [0, 0.05) is 31.5 Å². The fourth-order valence-electron chi connectivity index (χ4n) is 4.09. The summed E-state index contributed by atoms with van der Waals surface area (Å²) in [5, 5.41) is 0. The van der Waals surface area contributed by atoms with Crippen molar-refractivity contribution < 1.29 is 13.2 Å². The Balaban J connectivity index is 1.72. The molecule has 1 aliphatic rings. The zero-order valence-electron chi connectivity index (χ0n) is 15.8. The smallest absolute Gasteiger partial charge is 0.350 e. The molecule has 4 rings (SSSR count). The second-order valence-corrected chi connectivity index (χ2v) is 7.46. The molecule has 5 heteroatoms. The van der Waals surface area contributed by atoms with E-state index in [0.29, 0.717) is 0 Å². The summed E-state index contributed by atoms with van der Waals surface area (Å²) in [5.41, 5.74) is 3.84. The van der Waals surface area contributed by atoms with Gasteiger partial charge in [-0.05, 0) is 48.7 Å². The molecule has 0 spiro atoms. The van der Waals surface area contributed by atoms with Crippen molar-refractivity contribution in [2.45, 2.75) is 38.7 Å². The number of aromatic nitrogens is 1. The molecule has 0 fully saturated rings. The molecule has 2 heterocycles. The quantitative estimate of drug-likeness (QED) is 0.553. The fraction of sp³-hybridized carbons (Fsp3) is 0.304. The van der Waals surface area contributed by atoms with Crippen LogP contribution < -0.4 is 0 Å². The third-order valence-electron chi connectivity index (χ3n) is 5.38. The molecule has 0 bridgehead atoms. The first-order valence-electron chi connectivity index (χ1n) is 9.53. The van der Waals surface area contributed by atoms with Gasteiger partial charge in [0.25, 0.3) is 0 Å². The first-order chi connectivity index (χ1) is 13.4. The lowest BCUT2D eigenvalue weighted by Gasteiger charge is -2.31. The van der Waals surface area contributed by atoms with E-state index in [-0.39, 0.29) is 6.04 Å². The van der Waals surface area contributed by atoms with E-state index in [9.17, 15) is 13.2 Å². The van der Waals surface area contributed by atoms with Gasteiger partial charge < -0.3 is 4.57 Å². The molecule has 0 amide bonds. The highest BCUT2D eigenvalue weighted by atomic mass is 19.4. The second kappa shape index (κ2) is 7.47. The van der Waals surface area contributed by atoms with Crippen molar-refractivity contribution in [3.05, 3.63) is 94.8 Å². The summed E-state index contributed by atoms with van der Waals surface area (Å²) in [7, 11) is 0. The van der Waals surface area contributed by atoms with Gasteiger partial charge >= 0.3 is 6.18 Å². The Kier molecular flexibility index (Phi) is 5.02. The molecule has 0 N–H and O–H groups in total. The van der Waals surface area contributed by atoms with E-state index in [1.807, 2.05) is 6.07 Å². The number of hydrogen-bond donors (Lipinski definition) is 0. The summed E-state index contributed by atoms with van der Waals surface area (Å²) in [4.78, 5) is 2.37. The lowest BCUT2D eigenvalue weighted by Crippen LogP contribution is -2.29. The van der Waals surface area contributed by atoms with E-state index in [1.54, 1.807) is 12.1 Å². The van der Waals surface area contributed by atoms with Gasteiger partial charge in [0.1, 0.15) is 0 Å². The molecule has 0 saturated heterocycles. The van der Waals surface area contributed by atoms with Crippen LogP contribution >= 0.6 is 0 Å². The third kappa shape index (κ3) is 3.85. The molecule has 1 aliphatic heterocycles. The molecule has 0 saturated carbocycles. The molecule has 28 heavy (non-hydrogen) atoms. The zero-order chi connectivity index (χ0) is 19.7. The summed E-state index contributed by atoms with van der Waals surface area (Å²) in [6, 6.07) is 18.1. The predicted octanol–water partition coefficient (Wildman–Crippen LogP) is 5.81. The van der Waals surface area contributed by atoms with Gasteiger partial charge in [-0.3, -0.25) is 4.90 Å². The molecule has 146 valence electrons. The number of halogens is 3. The van der Waals surface area contributed by atoms with Gasteiger partial charge in [0.2, 0.25) is 0 Å². The number of alkyl halides is 3. The average molecular weight is 384 g/mol. The number of benzene rings is 2. The Labute approximate surface area is 163 Å². The molecule has 1 unspecified atom stereocenters. The van der Waals surface area contributed by atoms with Crippen molar-refractivity contribution in [3.8, 4) is 0 Å². The highest BCUT2D eigenvalue weighted by Crippen LogP contribution is 2.35. The molecule has 3 aromatic rings. The minimum atomic E-state index is -4.32. The lowest BCUT2D eigenvalue weighted by atomic mass is 9.99. The Hall–Kier alpha value is -2.53. The average Bonchev–Trinajstić information content (AvgIpc) is 3.03. The Morgan fingerprint density at radius 3 is 2.46 bits per heavy atom. The van der Waals surface area contributed by atoms with Crippen LogP contribution in [0.25, 0.3) is 0 Å². The van der Waals surface area contributed by atoms with Gasteiger partial charge in [0.05, 0.1) is 11.6 Å². The Bertz CT molecular complexity index is 941. The number of fused-ring (bicyclic) bond motifs is 1. The standard InChI is InChI=1S/C23H23F3N2/c1-17-5-2-6-18(15-17)16-28-14-4-13-27-12-3-7-21(27)22(28)19-8-10-20(11-9-19)23(24,25)26/h2-3,5-12,15,22H,4,13-14,16H2,1H3. The molecular weight excluding hydrogens is 361 g/mol. The van der Waals surface area contributed by atoms with Crippen LogP contribution in [0.2, 0.25) is 0 Å². The topological polar surface area (TPSA) is 8.17 Å². The maximum absolute atomic E-state index is 13.0. The van der Waals surface area contributed by atoms with Crippen molar-refractivity contribution in [1.29, 1.82) is 0 Å². The van der Waals surface area contributed by atoms with E-state index in [1.165, 1.54) is 23.3 Å². The minimum Gasteiger partial charge on any atom is -0.350 e. The van der Waals surface area contributed by atoms with Crippen LogP contribution in [0.5, 0.6) is 0 Å². The maximum Gasteiger partial charge on any atom is 0.416 e. The summed E-state index contributed by atoms with van der Waals surface area (Å²) in [6.07, 6.45) is -1.25. The van der Waals surface area contributed by atoms with Crippen LogP contribution in [0, 0.1) is 6.92 Å². The van der Waals surface area contributed by atoms with E-state index < -0.39 is 11.7 Å². The van der Waals surface area contributed by atoms with Crippen LogP contribution in [0.4, 0.5) is 13.2 Å². The van der Waals surface area contributed by atoms with Gasteiger partial charge in [-0.2, -0.15) is 13.2 Å². The van der Waals surface area contributed by atoms with Crippen molar-refractivity contribution in [2.24, 2.45) is 0 Å². The molecular formula is C23H23F3N2. The minimum absolute atomic E-state index is 0.0692. The largest absolute Gasteiger partial charge is 0.416 e. The first-order valence-corrected chi connectivity index (χ1v) is 9.53. The van der Waals surface area contributed by atoms with E-state index in [2.05, 4.69) is 52.9 Å². The SMILES string of the molecule is Cc1cccc(CN2CCCn3cccc3C2c2ccc(C(F)(F)F)cc2)c1. The number of hydrogen-bond acceptors (Lipinski definition) is 1. The van der Waals surface area contributed by atoms with Crippen LogP contribution in [0.15, 0.2) is 66.9 Å². The van der Waals surface area contributed by atoms with Crippen molar-refractivity contribution in [3.63, 3.8) is 0 Å². The summed E-state index contributed by atoms with van der Waals surface area (Å²) < 4.78 is 41.2. The fourth-order valence-corrected chi connectivity index (χ4v) is 4.09. The number of aryl methyl sites for hydroxylation is 2. The van der Waals surface area contributed by atoms with Crippen LogP contribution in [0.1, 0.15) is 40.4 Å². The van der Waals surface area contributed by atoms with E-state index >= 15 is 0 Å². The monoisotopic (exact) mass is 384 g/mol. The van der Waals surface area contributed by atoms with Crippen LogP contribution in [-0.2, 0) is 19.3 Å². The molecule has 0 radical (unpaired) electrons. The van der Waals surface area contributed by atoms with Crippen molar-refractivity contribution >= 4 is 0 Å². The predicted molar refractivity (Wildman–Crippen MR) is 104 cm³/mol. The molecule has 0 aliphatic carbocycles. The number of nitrogens with zero attached hydrogens (tertiary/aromatic N) is 2. The Morgan fingerprint density at radius 1 is 0.964 bits per heavy atom. The number of rotatable bonds is 3. The Morgan fingerprint density at radius 2 is 1.75 bits per heavy atom. The summed E-state index contributed by atoms with van der Waals surface area (Å²) in [6.45, 7) is 4.65. The van der Waals surface area contributed by atoms with Gasteiger partial charge in [-0.1, -0.05) is 42.0 Å². The van der Waals surface area contributed by atoms with Crippen LogP contribution in [0.3, 0.4) is 0 Å². The highest BCUT2D eigenvalue weighted by molar-refractivity contribution is 5.33. The maximum atomic E-state index is 13.0. The molecule has 1 aromatic heterocycles. The van der Waals surface area contributed by atoms with E-state index in [4.69, 9.17) is 0 Å². The van der Waals surface area contributed by atoms with Gasteiger partial charge in [-0.15, -0.1) is 0 Å². The first kappa shape index (κ1) is 18.8. The van der Waals surface area contributed by atoms with E-state index in [0.717, 1.165) is 37.3 Å². The normalized spacial score (nSPS) is 17.9. The third-order valence-corrected chi connectivity index (χ3v) is 5.38. The van der Waals surface area contributed by atoms with Gasteiger partial charge in [-0.25, -0.2) is 0 Å². The molecule has 2 nitrogen and oxygen atoms in total.